The highest BCUT2D eigenvalue weighted by molar-refractivity contribution is 9.09. The summed E-state index contributed by atoms with van der Waals surface area (Å²) in [5.41, 5.74) is 0. The summed E-state index contributed by atoms with van der Waals surface area (Å²) in [5, 5.41) is 0. The number of thioether (sulfide) groups is 1. The van der Waals surface area contributed by atoms with E-state index in [1.807, 2.05) is 0 Å². The van der Waals surface area contributed by atoms with E-state index < -0.39 is 0 Å². The average Bonchev–Trinajstić information content (AvgIpc) is 1.96. The molecule has 2 unspecified atom stereocenters. The van der Waals surface area contributed by atoms with Crippen LogP contribution < -0.4 is 0 Å². The van der Waals surface area contributed by atoms with Crippen molar-refractivity contribution in [1.82, 2.24) is 0 Å². The molecule has 0 saturated heterocycles. The first kappa shape index (κ1) is 12.8. The molecule has 0 fully saturated rings. The van der Waals surface area contributed by atoms with Crippen molar-refractivity contribution in [2.75, 3.05) is 11.5 Å². The van der Waals surface area contributed by atoms with Crippen LogP contribution in [-0.4, -0.2) is 16.3 Å². The highest BCUT2D eigenvalue weighted by atomic mass is 79.9. The maximum atomic E-state index is 3.68. The molecular formula is C10H21BrS. The van der Waals surface area contributed by atoms with Crippen LogP contribution in [0.4, 0.5) is 0 Å². The molecule has 0 heterocycles. The van der Waals surface area contributed by atoms with Gasteiger partial charge < -0.3 is 0 Å². The molecule has 0 saturated carbocycles. The largest absolute Gasteiger partial charge is 0.162 e. The molecule has 0 aliphatic rings. The fourth-order valence-corrected chi connectivity index (χ4v) is 3.06. The molecule has 0 aromatic carbocycles. The molecule has 2 atom stereocenters. The molecule has 0 aliphatic carbocycles. The molecule has 2 heteroatoms. The molecule has 0 N–H and O–H groups in total. The summed E-state index contributed by atoms with van der Waals surface area (Å²) in [5.74, 6) is 4.21. The average molecular weight is 253 g/mol. The maximum Gasteiger partial charge on any atom is 0.0148 e. The molecule has 0 radical (unpaired) electrons. The third-order valence-corrected chi connectivity index (χ3v) is 3.86. The zero-order chi connectivity index (χ0) is 9.56. The smallest absolute Gasteiger partial charge is 0.0148 e. The van der Waals surface area contributed by atoms with Crippen LogP contribution in [0, 0.1) is 11.8 Å². The summed E-state index contributed by atoms with van der Waals surface area (Å²) in [4.78, 5) is 0.662. The van der Waals surface area contributed by atoms with Crippen LogP contribution in [0.25, 0.3) is 0 Å². The van der Waals surface area contributed by atoms with E-state index >= 15 is 0 Å². The highest BCUT2D eigenvalue weighted by Crippen LogP contribution is 2.25. The standard InChI is InChI=1S/C10H21BrS/c1-5-12-7-6-10(8(2)3)9(4)11/h8-10H,5-7H2,1-4H3. The summed E-state index contributed by atoms with van der Waals surface area (Å²) >= 11 is 5.73. The fraction of sp³-hybridized carbons (Fsp3) is 1.00. The van der Waals surface area contributed by atoms with Gasteiger partial charge in [-0.2, -0.15) is 11.8 Å². The number of rotatable bonds is 6. The lowest BCUT2D eigenvalue weighted by atomic mass is 9.91. The van der Waals surface area contributed by atoms with Gasteiger partial charge in [0.25, 0.3) is 0 Å². The Balaban J connectivity index is 3.64. The van der Waals surface area contributed by atoms with E-state index in [4.69, 9.17) is 0 Å². The van der Waals surface area contributed by atoms with Crippen molar-refractivity contribution in [2.45, 2.75) is 38.9 Å². The molecule has 0 spiro atoms. The van der Waals surface area contributed by atoms with Gasteiger partial charge in [0.1, 0.15) is 0 Å². The van der Waals surface area contributed by atoms with Crippen molar-refractivity contribution in [1.29, 1.82) is 0 Å². The summed E-state index contributed by atoms with van der Waals surface area (Å²) in [7, 11) is 0. The van der Waals surface area contributed by atoms with Gasteiger partial charge in [0.05, 0.1) is 0 Å². The minimum atomic E-state index is 0.662. The van der Waals surface area contributed by atoms with Gasteiger partial charge in [0, 0.05) is 4.83 Å². The van der Waals surface area contributed by atoms with Crippen LogP contribution >= 0.6 is 27.7 Å². The number of hydrogen-bond donors (Lipinski definition) is 0. The highest BCUT2D eigenvalue weighted by Gasteiger charge is 2.17. The predicted molar refractivity (Wildman–Crippen MR) is 64.3 cm³/mol. The van der Waals surface area contributed by atoms with Crippen LogP contribution in [0.3, 0.4) is 0 Å². The predicted octanol–water partition coefficient (Wildman–Crippen LogP) is 4.19. The first-order valence-corrected chi connectivity index (χ1v) is 6.88. The van der Waals surface area contributed by atoms with Crippen LogP contribution in [-0.2, 0) is 0 Å². The minimum absolute atomic E-state index is 0.662. The van der Waals surface area contributed by atoms with Gasteiger partial charge >= 0.3 is 0 Å². The normalized spacial score (nSPS) is 16.5. The molecule has 0 amide bonds. The van der Waals surface area contributed by atoms with Gasteiger partial charge in [-0.25, -0.2) is 0 Å². The lowest BCUT2D eigenvalue weighted by Crippen LogP contribution is -2.18. The Labute approximate surface area is 90.0 Å². The van der Waals surface area contributed by atoms with E-state index in [2.05, 4.69) is 55.4 Å². The minimum Gasteiger partial charge on any atom is -0.162 e. The van der Waals surface area contributed by atoms with Gasteiger partial charge in [-0.05, 0) is 29.8 Å². The Bertz CT molecular complexity index is 94.0. The molecule has 0 aromatic heterocycles. The number of halogens is 1. The van der Waals surface area contributed by atoms with Crippen LogP contribution in [0.15, 0.2) is 0 Å². The van der Waals surface area contributed by atoms with E-state index in [1.54, 1.807) is 0 Å². The lowest BCUT2D eigenvalue weighted by molar-refractivity contribution is 0.377. The van der Waals surface area contributed by atoms with Gasteiger partial charge in [-0.15, -0.1) is 0 Å². The van der Waals surface area contributed by atoms with Gasteiger partial charge in [0.2, 0.25) is 0 Å². The molecule has 0 nitrogen and oxygen atoms in total. The van der Waals surface area contributed by atoms with Crippen LogP contribution in [0.5, 0.6) is 0 Å². The fourth-order valence-electron chi connectivity index (χ4n) is 1.46. The Morgan fingerprint density at radius 3 is 2.17 bits per heavy atom. The van der Waals surface area contributed by atoms with Crippen molar-refractivity contribution in [3.05, 3.63) is 0 Å². The summed E-state index contributed by atoms with van der Waals surface area (Å²) < 4.78 is 0. The second-order valence-corrected chi connectivity index (χ2v) is 6.41. The van der Waals surface area contributed by atoms with E-state index in [0.717, 1.165) is 11.8 Å². The Kier molecular flexibility index (Phi) is 7.76. The maximum absolute atomic E-state index is 3.68. The van der Waals surface area contributed by atoms with Crippen molar-refractivity contribution >= 4 is 27.7 Å². The van der Waals surface area contributed by atoms with Crippen LogP contribution in [0.2, 0.25) is 0 Å². The number of hydrogen-bond acceptors (Lipinski definition) is 1. The van der Waals surface area contributed by atoms with E-state index in [0.29, 0.717) is 4.83 Å². The molecule has 0 rings (SSSR count). The van der Waals surface area contributed by atoms with Crippen LogP contribution in [0.1, 0.15) is 34.1 Å². The lowest BCUT2D eigenvalue weighted by Gasteiger charge is -2.23. The van der Waals surface area contributed by atoms with Gasteiger partial charge in [-0.1, -0.05) is 43.6 Å². The SMILES string of the molecule is CCSCCC(C(C)C)C(C)Br. The quantitative estimate of drug-likeness (QED) is 0.505. The monoisotopic (exact) mass is 252 g/mol. The topological polar surface area (TPSA) is 0 Å². The molecule has 0 aliphatic heterocycles. The molecule has 74 valence electrons. The Hall–Kier alpha value is 0.830. The summed E-state index contributed by atoms with van der Waals surface area (Å²) in [6, 6.07) is 0. The zero-order valence-corrected chi connectivity index (χ0v) is 11.0. The second kappa shape index (κ2) is 7.25. The van der Waals surface area contributed by atoms with Gasteiger partial charge in [0.15, 0.2) is 0 Å². The van der Waals surface area contributed by atoms with Crippen molar-refractivity contribution in [3.8, 4) is 0 Å². The Morgan fingerprint density at radius 1 is 1.25 bits per heavy atom. The molecule has 0 bridgehead atoms. The summed E-state index contributed by atoms with van der Waals surface area (Å²) in [6.45, 7) is 9.13. The third-order valence-electron chi connectivity index (χ3n) is 2.25. The Morgan fingerprint density at radius 2 is 1.83 bits per heavy atom. The van der Waals surface area contributed by atoms with E-state index in [9.17, 15) is 0 Å². The van der Waals surface area contributed by atoms with Crippen molar-refractivity contribution in [2.24, 2.45) is 11.8 Å². The molecule has 12 heavy (non-hydrogen) atoms. The second-order valence-electron chi connectivity index (χ2n) is 3.57. The molecule has 0 aromatic rings. The van der Waals surface area contributed by atoms with E-state index in [1.165, 1.54) is 17.9 Å². The number of alkyl halides is 1. The molecular weight excluding hydrogens is 232 g/mol. The first-order chi connectivity index (χ1) is 5.59. The van der Waals surface area contributed by atoms with E-state index in [-0.39, 0.29) is 0 Å². The van der Waals surface area contributed by atoms with Crippen molar-refractivity contribution in [3.63, 3.8) is 0 Å². The van der Waals surface area contributed by atoms with Gasteiger partial charge in [-0.3, -0.25) is 0 Å². The van der Waals surface area contributed by atoms with Crippen molar-refractivity contribution < 1.29 is 0 Å². The third kappa shape index (κ3) is 5.47. The summed E-state index contributed by atoms with van der Waals surface area (Å²) in [6.07, 6.45) is 1.35. The first-order valence-electron chi connectivity index (χ1n) is 4.81. The zero-order valence-electron chi connectivity index (χ0n) is 8.64.